The molecule has 0 radical (unpaired) electrons. The van der Waals surface area contributed by atoms with Crippen LogP contribution in [0.2, 0.25) is 5.02 Å². The van der Waals surface area contributed by atoms with E-state index in [9.17, 15) is 19.8 Å². The van der Waals surface area contributed by atoms with Crippen LogP contribution in [0.1, 0.15) is 17.2 Å². The summed E-state index contributed by atoms with van der Waals surface area (Å²) in [5.74, 6) is -2.10. The van der Waals surface area contributed by atoms with Crippen LogP contribution in [0.4, 0.5) is 0 Å². The van der Waals surface area contributed by atoms with Crippen LogP contribution in [0.3, 0.4) is 0 Å². The molecule has 0 fully saturated rings. The van der Waals surface area contributed by atoms with Crippen LogP contribution in [-0.4, -0.2) is 33.3 Å². The van der Waals surface area contributed by atoms with Gasteiger partial charge in [0, 0.05) is 5.02 Å². The lowest BCUT2D eigenvalue weighted by atomic mass is 10.0. The van der Waals surface area contributed by atoms with Gasteiger partial charge in [-0.05, 0) is 17.2 Å². The summed E-state index contributed by atoms with van der Waals surface area (Å²) in [6, 6.07) is 4.07. The van der Waals surface area contributed by atoms with Crippen molar-refractivity contribution in [2.24, 2.45) is 5.73 Å². The first-order chi connectivity index (χ1) is 8.32. The van der Waals surface area contributed by atoms with E-state index >= 15 is 0 Å². The molecule has 0 spiro atoms. The standard InChI is InChI=1S/C11H12ClNO5/c12-7-3-6(9(16)10(17)11(13)18)2-1-5(7)4-8(14)15/h1-3,9-10,16-17H,4H2,(H2,13,18)(H,14,15). The first-order valence-electron chi connectivity index (χ1n) is 4.98. The van der Waals surface area contributed by atoms with Crippen LogP contribution in [0.15, 0.2) is 18.2 Å². The number of carbonyl (C=O) groups is 2. The maximum atomic E-state index is 10.7. The average molecular weight is 274 g/mol. The molecule has 1 rings (SSSR count). The molecule has 0 heterocycles. The molecule has 6 nitrogen and oxygen atoms in total. The van der Waals surface area contributed by atoms with Gasteiger partial charge in [0.25, 0.3) is 0 Å². The molecule has 0 saturated heterocycles. The number of carboxylic acid groups (broad SMARTS) is 1. The van der Waals surface area contributed by atoms with Crippen LogP contribution in [0.25, 0.3) is 0 Å². The molecular formula is C11H12ClNO5. The van der Waals surface area contributed by atoms with Crippen molar-refractivity contribution in [2.45, 2.75) is 18.6 Å². The van der Waals surface area contributed by atoms with Crippen LogP contribution in [-0.2, 0) is 16.0 Å². The molecule has 0 aromatic heterocycles. The maximum Gasteiger partial charge on any atom is 0.307 e. The predicted octanol–water partition coefficient (Wildman–Crippen LogP) is -0.153. The Balaban J connectivity index is 2.96. The average Bonchev–Trinajstić information content (AvgIpc) is 2.29. The molecule has 2 atom stereocenters. The third-order valence-electron chi connectivity index (χ3n) is 2.35. The number of nitrogens with two attached hydrogens (primary N) is 1. The Labute approximate surface area is 108 Å². The number of primary amides is 1. The summed E-state index contributed by atoms with van der Waals surface area (Å²) in [5.41, 5.74) is 5.40. The highest BCUT2D eigenvalue weighted by molar-refractivity contribution is 6.31. The molecular weight excluding hydrogens is 262 g/mol. The van der Waals surface area contributed by atoms with Gasteiger partial charge in [0.15, 0.2) is 6.10 Å². The number of halogens is 1. The number of carboxylic acids is 1. The Morgan fingerprint density at radius 2 is 1.94 bits per heavy atom. The number of amides is 1. The van der Waals surface area contributed by atoms with Crippen molar-refractivity contribution in [2.75, 3.05) is 0 Å². The second-order valence-electron chi connectivity index (χ2n) is 3.71. The minimum absolute atomic E-state index is 0.130. The normalized spacial score (nSPS) is 13.9. The zero-order valence-electron chi connectivity index (χ0n) is 9.21. The van der Waals surface area contributed by atoms with Crippen LogP contribution >= 0.6 is 11.6 Å². The van der Waals surface area contributed by atoms with E-state index in [4.69, 9.17) is 22.4 Å². The van der Waals surface area contributed by atoms with Crippen LogP contribution in [0, 0.1) is 0 Å². The molecule has 0 aliphatic heterocycles. The van der Waals surface area contributed by atoms with E-state index in [1.165, 1.54) is 18.2 Å². The van der Waals surface area contributed by atoms with Gasteiger partial charge in [-0.3, -0.25) is 9.59 Å². The molecule has 18 heavy (non-hydrogen) atoms. The number of benzene rings is 1. The Kier molecular flexibility index (Phi) is 4.66. The molecule has 0 aliphatic carbocycles. The Bertz CT molecular complexity index is 477. The maximum absolute atomic E-state index is 10.7. The second kappa shape index (κ2) is 5.81. The smallest absolute Gasteiger partial charge is 0.307 e. The number of rotatable bonds is 5. The molecule has 1 aromatic rings. The fraction of sp³-hybridized carbons (Fsp3) is 0.273. The van der Waals surface area contributed by atoms with Crippen LogP contribution < -0.4 is 5.73 Å². The van der Waals surface area contributed by atoms with E-state index in [1.807, 2.05) is 0 Å². The predicted molar refractivity (Wildman–Crippen MR) is 63.0 cm³/mol. The number of hydrogen-bond acceptors (Lipinski definition) is 4. The largest absolute Gasteiger partial charge is 0.481 e. The number of aliphatic hydroxyl groups is 2. The van der Waals surface area contributed by atoms with E-state index in [-0.39, 0.29) is 17.0 Å². The lowest BCUT2D eigenvalue weighted by Crippen LogP contribution is -2.33. The van der Waals surface area contributed by atoms with Crippen molar-refractivity contribution in [3.05, 3.63) is 34.3 Å². The molecule has 0 aliphatic rings. The van der Waals surface area contributed by atoms with Gasteiger partial charge in [-0.2, -0.15) is 0 Å². The summed E-state index contributed by atoms with van der Waals surface area (Å²) in [5, 5.41) is 27.7. The zero-order chi connectivity index (χ0) is 13.9. The highest BCUT2D eigenvalue weighted by atomic mass is 35.5. The van der Waals surface area contributed by atoms with Gasteiger partial charge in [0.2, 0.25) is 5.91 Å². The van der Waals surface area contributed by atoms with Gasteiger partial charge >= 0.3 is 5.97 Å². The summed E-state index contributed by atoms with van der Waals surface area (Å²) in [7, 11) is 0. The Morgan fingerprint density at radius 3 is 2.39 bits per heavy atom. The van der Waals surface area contributed by atoms with E-state index in [0.29, 0.717) is 5.56 Å². The fourth-order valence-corrected chi connectivity index (χ4v) is 1.65. The number of aliphatic hydroxyl groups excluding tert-OH is 2. The molecule has 98 valence electrons. The molecule has 2 unspecified atom stereocenters. The molecule has 7 heteroatoms. The van der Waals surface area contributed by atoms with Gasteiger partial charge in [-0.15, -0.1) is 0 Å². The van der Waals surface area contributed by atoms with Crippen molar-refractivity contribution >= 4 is 23.5 Å². The molecule has 1 amide bonds. The lowest BCUT2D eigenvalue weighted by Gasteiger charge is -2.16. The summed E-state index contributed by atoms with van der Waals surface area (Å²) in [6.45, 7) is 0. The highest BCUT2D eigenvalue weighted by Gasteiger charge is 2.24. The summed E-state index contributed by atoms with van der Waals surface area (Å²) in [4.78, 5) is 21.2. The van der Waals surface area contributed by atoms with Gasteiger partial charge < -0.3 is 21.1 Å². The number of aliphatic carboxylic acids is 1. The van der Waals surface area contributed by atoms with Gasteiger partial charge in [0.05, 0.1) is 6.42 Å². The minimum atomic E-state index is -1.74. The van der Waals surface area contributed by atoms with E-state index < -0.39 is 24.1 Å². The minimum Gasteiger partial charge on any atom is -0.481 e. The number of hydrogen-bond donors (Lipinski definition) is 4. The van der Waals surface area contributed by atoms with E-state index in [0.717, 1.165) is 0 Å². The third-order valence-corrected chi connectivity index (χ3v) is 2.70. The molecule has 0 saturated carbocycles. The lowest BCUT2D eigenvalue weighted by molar-refractivity contribution is -0.136. The first kappa shape index (κ1) is 14.4. The van der Waals surface area contributed by atoms with Crippen LogP contribution in [0.5, 0.6) is 0 Å². The highest BCUT2D eigenvalue weighted by Crippen LogP contribution is 2.24. The van der Waals surface area contributed by atoms with Crippen molar-refractivity contribution in [1.82, 2.24) is 0 Å². The van der Waals surface area contributed by atoms with Crippen molar-refractivity contribution in [1.29, 1.82) is 0 Å². The third kappa shape index (κ3) is 3.43. The summed E-state index contributed by atoms with van der Waals surface area (Å²) < 4.78 is 0. The zero-order valence-corrected chi connectivity index (χ0v) is 9.96. The van der Waals surface area contributed by atoms with Gasteiger partial charge in [-0.25, -0.2) is 0 Å². The quantitative estimate of drug-likeness (QED) is 0.594. The Morgan fingerprint density at radius 1 is 1.33 bits per heavy atom. The fourth-order valence-electron chi connectivity index (χ4n) is 1.39. The SMILES string of the molecule is NC(=O)C(O)C(O)c1ccc(CC(=O)O)c(Cl)c1. The van der Waals surface area contributed by atoms with Crippen molar-refractivity contribution in [3.8, 4) is 0 Å². The van der Waals surface area contributed by atoms with Gasteiger partial charge in [-0.1, -0.05) is 23.7 Å². The summed E-state index contributed by atoms with van der Waals surface area (Å²) >= 11 is 5.83. The number of carbonyl (C=O) groups excluding carboxylic acids is 1. The van der Waals surface area contributed by atoms with Crippen molar-refractivity contribution in [3.63, 3.8) is 0 Å². The van der Waals surface area contributed by atoms with Gasteiger partial charge in [0.1, 0.15) is 6.10 Å². The topological polar surface area (TPSA) is 121 Å². The second-order valence-corrected chi connectivity index (χ2v) is 4.12. The monoisotopic (exact) mass is 273 g/mol. The van der Waals surface area contributed by atoms with Crippen molar-refractivity contribution < 1.29 is 24.9 Å². The Hall–Kier alpha value is -1.63. The van der Waals surface area contributed by atoms with E-state index in [1.54, 1.807) is 0 Å². The molecule has 1 aromatic carbocycles. The van der Waals surface area contributed by atoms with E-state index in [2.05, 4.69) is 0 Å². The molecule has 0 bridgehead atoms. The summed E-state index contributed by atoms with van der Waals surface area (Å²) in [6.07, 6.45) is -3.50. The first-order valence-corrected chi connectivity index (χ1v) is 5.36. The molecule has 5 N–H and O–H groups in total.